The largest absolute Gasteiger partial charge is 0.382 e. The second-order valence-electron chi connectivity index (χ2n) is 3.94. The Labute approximate surface area is 123 Å². The van der Waals surface area contributed by atoms with Crippen molar-refractivity contribution in [2.75, 3.05) is 33.5 Å². The molecule has 0 unspecified atom stereocenters. The molecule has 1 heterocycles. The van der Waals surface area contributed by atoms with Crippen LogP contribution in [0.1, 0.15) is 17.7 Å². The van der Waals surface area contributed by atoms with Gasteiger partial charge in [-0.15, -0.1) is 11.3 Å². The van der Waals surface area contributed by atoms with Crippen molar-refractivity contribution >= 4 is 21.4 Å². The first kappa shape index (κ1) is 17.1. The highest BCUT2D eigenvalue weighted by molar-refractivity contribution is 7.91. The number of methoxy groups -OCH3 is 1. The molecule has 0 saturated carbocycles. The first-order valence-corrected chi connectivity index (χ1v) is 8.46. The zero-order chi connectivity index (χ0) is 14.8. The molecule has 0 fully saturated rings. The molecule has 0 aliphatic heterocycles. The third-order valence-corrected chi connectivity index (χ3v) is 5.34. The summed E-state index contributed by atoms with van der Waals surface area (Å²) in [6, 6.07) is 4.87. The summed E-state index contributed by atoms with van der Waals surface area (Å²) < 4.78 is 36.5. The van der Waals surface area contributed by atoms with Crippen LogP contribution in [0.3, 0.4) is 0 Å². The third kappa shape index (κ3) is 5.98. The molecule has 0 aliphatic rings. The Morgan fingerprint density at radius 1 is 1.30 bits per heavy atom. The van der Waals surface area contributed by atoms with Crippen molar-refractivity contribution < 1.29 is 17.9 Å². The van der Waals surface area contributed by atoms with Gasteiger partial charge in [0.25, 0.3) is 0 Å². The van der Waals surface area contributed by atoms with Gasteiger partial charge in [0.1, 0.15) is 15.2 Å². The van der Waals surface area contributed by atoms with E-state index in [2.05, 4.69) is 4.72 Å². The lowest BCUT2D eigenvalue weighted by Crippen LogP contribution is -2.24. The Bertz CT molecular complexity index is 534. The van der Waals surface area contributed by atoms with E-state index in [1.54, 1.807) is 7.11 Å². The maximum absolute atomic E-state index is 11.9. The number of nitrogens with one attached hydrogen (secondary N) is 1. The first-order chi connectivity index (χ1) is 9.60. The van der Waals surface area contributed by atoms with E-state index >= 15 is 0 Å². The average molecular weight is 318 g/mol. The maximum Gasteiger partial charge on any atom is 0.250 e. The molecule has 0 radical (unpaired) electrons. The van der Waals surface area contributed by atoms with E-state index in [-0.39, 0.29) is 4.21 Å². The van der Waals surface area contributed by atoms with Gasteiger partial charge in [0, 0.05) is 20.3 Å². The van der Waals surface area contributed by atoms with Gasteiger partial charge in [-0.2, -0.15) is 5.26 Å². The van der Waals surface area contributed by atoms with Crippen LogP contribution in [0.15, 0.2) is 16.3 Å². The summed E-state index contributed by atoms with van der Waals surface area (Å²) in [6.07, 6.45) is 1.48. The maximum atomic E-state index is 11.9. The summed E-state index contributed by atoms with van der Waals surface area (Å²) in [6.45, 7) is 2.05. The Balaban J connectivity index is 2.22. The van der Waals surface area contributed by atoms with Gasteiger partial charge in [0.2, 0.25) is 10.0 Å². The van der Waals surface area contributed by atoms with Gasteiger partial charge in [-0.1, -0.05) is 0 Å². The molecule has 0 atom stereocenters. The summed E-state index contributed by atoms with van der Waals surface area (Å²) in [5.41, 5.74) is 0. The quantitative estimate of drug-likeness (QED) is 0.658. The molecule has 112 valence electrons. The van der Waals surface area contributed by atoms with Crippen LogP contribution in [0.5, 0.6) is 0 Å². The molecule has 6 nitrogen and oxygen atoms in total. The minimum atomic E-state index is -3.49. The van der Waals surface area contributed by atoms with Crippen molar-refractivity contribution in [3.05, 3.63) is 17.0 Å². The average Bonchev–Trinajstić information content (AvgIpc) is 2.91. The van der Waals surface area contributed by atoms with Crippen molar-refractivity contribution in [1.82, 2.24) is 4.72 Å². The van der Waals surface area contributed by atoms with Crippen molar-refractivity contribution in [3.63, 3.8) is 0 Å². The Hall–Kier alpha value is -0.980. The van der Waals surface area contributed by atoms with E-state index in [1.807, 2.05) is 6.07 Å². The van der Waals surface area contributed by atoms with Crippen LogP contribution in [0, 0.1) is 11.3 Å². The predicted molar refractivity (Wildman–Crippen MR) is 76.2 cm³/mol. The van der Waals surface area contributed by atoms with Crippen LogP contribution in [-0.2, 0) is 19.5 Å². The molecule has 20 heavy (non-hydrogen) atoms. The van der Waals surface area contributed by atoms with Crippen LogP contribution in [0.25, 0.3) is 0 Å². The topological polar surface area (TPSA) is 88.4 Å². The normalized spacial score (nSPS) is 11.4. The predicted octanol–water partition coefficient (Wildman–Crippen LogP) is 1.34. The van der Waals surface area contributed by atoms with Crippen LogP contribution in [0.4, 0.5) is 0 Å². The lowest BCUT2D eigenvalue weighted by atomic mass is 10.3. The third-order valence-electron chi connectivity index (χ3n) is 2.40. The van der Waals surface area contributed by atoms with E-state index in [0.29, 0.717) is 37.7 Å². The standard InChI is InChI=1S/C12H18N2O4S2/c1-17-8-9-18-7-3-2-6-14-20(15,16)12-5-4-11(10-13)19-12/h4-5,14H,2-3,6-9H2,1H3. The molecule has 1 aromatic rings. The molecular weight excluding hydrogens is 300 g/mol. The summed E-state index contributed by atoms with van der Waals surface area (Å²) >= 11 is 0.967. The van der Waals surface area contributed by atoms with Gasteiger partial charge in [-0.3, -0.25) is 0 Å². The summed E-state index contributed by atoms with van der Waals surface area (Å²) in [4.78, 5) is 0.386. The van der Waals surface area contributed by atoms with Crippen molar-refractivity contribution in [1.29, 1.82) is 5.26 Å². The Morgan fingerprint density at radius 3 is 2.75 bits per heavy atom. The number of thiophene rings is 1. The summed E-state index contributed by atoms with van der Waals surface area (Å²) in [7, 11) is -1.88. The number of nitriles is 1. The molecule has 0 saturated heterocycles. The highest BCUT2D eigenvalue weighted by atomic mass is 32.2. The zero-order valence-corrected chi connectivity index (χ0v) is 12.9. The fourth-order valence-electron chi connectivity index (χ4n) is 1.38. The molecule has 1 N–H and O–H groups in total. The van der Waals surface area contributed by atoms with E-state index in [1.165, 1.54) is 12.1 Å². The van der Waals surface area contributed by atoms with Crippen molar-refractivity contribution in [2.45, 2.75) is 17.1 Å². The smallest absolute Gasteiger partial charge is 0.250 e. The molecule has 1 rings (SSSR count). The van der Waals surface area contributed by atoms with Gasteiger partial charge < -0.3 is 9.47 Å². The number of rotatable bonds is 10. The van der Waals surface area contributed by atoms with Crippen LogP contribution >= 0.6 is 11.3 Å². The molecular formula is C12H18N2O4S2. The zero-order valence-electron chi connectivity index (χ0n) is 11.3. The van der Waals surface area contributed by atoms with Crippen molar-refractivity contribution in [3.8, 4) is 6.07 Å². The van der Waals surface area contributed by atoms with Crippen LogP contribution in [-0.4, -0.2) is 41.9 Å². The minimum Gasteiger partial charge on any atom is -0.382 e. The van der Waals surface area contributed by atoms with E-state index in [0.717, 1.165) is 17.8 Å². The second kappa shape index (κ2) is 9.05. The van der Waals surface area contributed by atoms with Gasteiger partial charge in [0.15, 0.2) is 0 Å². The van der Waals surface area contributed by atoms with Gasteiger partial charge in [-0.25, -0.2) is 13.1 Å². The van der Waals surface area contributed by atoms with Crippen LogP contribution in [0.2, 0.25) is 0 Å². The second-order valence-corrected chi connectivity index (χ2v) is 7.02. The van der Waals surface area contributed by atoms with Gasteiger partial charge in [-0.05, 0) is 25.0 Å². The molecule has 0 aromatic carbocycles. The molecule has 0 aliphatic carbocycles. The minimum absolute atomic E-state index is 0.172. The highest BCUT2D eigenvalue weighted by Gasteiger charge is 2.15. The monoisotopic (exact) mass is 318 g/mol. The lowest BCUT2D eigenvalue weighted by Gasteiger charge is -2.05. The van der Waals surface area contributed by atoms with Gasteiger partial charge >= 0.3 is 0 Å². The number of nitrogens with zero attached hydrogens (tertiary/aromatic N) is 1. The highest BCUT2D eigenvalue weighted by Crippen LogP contribution is 2.20. The van der Waals surface area contributed by atoms with Crippen molar-refractivity contribution in [2.24, 2.45) is 0 Å². The SMILES string of the molecule is COCCOCCCCNS(=O)(=O)c1ccc(C#N)s1. The van der Waals surface area contributed by atoms with E-state index < -0.39 is 10.0 Å². The number of hydrogen-bond acceptors (Lipinski definition) is 6. The van der Waals surface area contributed by atoms with Crippen LogP contribution < -0.4 is 4.72 Å². The molecule has 0 amide bonds. The number of sulfonamides is 1. The summed E-state index contributed by atoms with van der Waals surface area (Å²) in [5.74, 6) is 0. The summed E-state index contributed by atoms with van der Waals surface area (Å²) in [5, 5.41) is 8.67. The Morgan fingerprint density at radius 2 is 2.10 bits per heavy atom. The number of ether oxygens (including phenoxy) is 2. The molecule has 0 spiro atoms. The fourth-order valence-corrected chi connectivity index (χ4v) is 3.60. The number of unbranched alkanes of at least 4 members (excludes halogenated alkanes) is 1. The van der Waals surface area contributed by atoms with E-state index in [9.17, 15) is 8.42 Å². The first-order valence-electron chi connectivity index (χ1n) is 6.16. The molecule has 8 heteroatoms. The Kier molecular flexibility index (Phi) is 7.72. The fraction of sp³-hybridized carbons (Fsp3) is 0.583. The molecule has 1 aromatic heterocycles. The van der Waals surface area contributed by atoms with E-state index in [4.69, 9.17) is 14.7 Å². The molecule has 0 bridgehead atoms. The lowest BCUT2D eigenvalue weighted by molar-refractivity contribution is 0.0689. The number of hydrogen-bond donors (Lipinski definition) is 1. The van der Waals surface area contributed by atoms with Gasteiger partial charge in [0.05, 0.1) is 13.2 Å².